The minimum Gasteiger partial charge on any atom is -0.493 e. The van der Waals surface area contributed by atoms with Crippen molar-refractivity contribution in [2.24, 2.45) is 0 Å². The SMILES string of the molecule is COc1ccc(C[C@H]2COC(=O)N2Cc2ccccc2)cc1OC. The number of ether oxygens (including phenoxy) is 3. The molecule has 24 heavy (non-hydrogen) atoms. The molecular weight excluding hydrogens is 306 g/mol. The van der Waals surface area contributed by atoms with Gasteiger partial charge in [0.15, 0.2) is 11.5 Å². The van der Waals surface area contributed by atoms with Crippen LogP contribution in [-0.2, 0) is 17.7 Å². The van der Waals surface area contributed by atoms with Crippen LogP contribution < -0.4 is 9.47 Å². The second-order valence-electron chi connectivity index (χ2n) is 5.74. The van der Waals surface area contributed by atoms with E-state index in [1.54, 1.807) is 19.1 Å². The quantitative estimate of drug-likeness (QED) is 0.817. The summed E-state index contributed by atoms with van der Waals surface area (Å²) in [6, 6.07) is 15.8. The summed E-state index contributed by atoms with van der Waals surface area (Å²) in [5.41, 5.74) is 2.17. The fraction of sp³-hybridized carbons (Fsp3) is 0.316. The van der Waals surface area contributed by atoms with E-state index in [9.17, 15) is 4.79 Å². The summed E-state index contributed by atoms with van der Waals surface area (Å²) in [6.07, 6.45) is 0.447. The van der Waals surface area contributed by atoms with Gasteiger partial charge in [-0.15, -0.1) is 0 Å². The van der Waals surface area contributed by atoms with Gasteiger partial charge in [-0.2, -0.15) is 0 Å². The Kier molecular flexibility index (Phi) is 4.89. The molecule has 5 heteroatoms. The smallest absolute Gasteiger partial charge is 0.410 e. The second kappa shape index (κ2) is 7.25. The highest BCUT2D eigenvalue weighted by Crippen LogP contribution is 2.29. The minimum absolute atomic E-state index is 0.0100. The number of hydrogen-bond donors (Lipinski definition) is 0. The van der Waals surface area contributed by atoms with Crippen LogP contribution >= 0.6 is 0 Å². The molecule has 3 rings (SSSR count). The molecule has 5 nitrogen and oxygen atoms in total. The number of methoxy groups -OCH3 is 2. The molecule has 2 aromatic carbocycles. The average Bonchev–Trinajstić information content (AvgIpc) is 2.96. The molecular formula is C19H21NO4. The van der Waals surface area contributed by atoms with Crippen LogP contribution in [0.25, 0.3) is 0 Å². The molecule has 1 amide bonds. The molecule has 1 aliphatic heterocycles. The van der Waals surface area contributed by atoms with E-state index in [0.717, 1.165) is 11.1 Å². The maximum atomic E-state index is 12.1. The zero-order valence-electron chi connectivity index (χ0n) is 13.9. The fourth-order valence-corrected chi connectivity index (χ4v) is 2.91. The molecule has 1 heterocycles. The van der Waals surface area contributed by atoms with Crippen molar-refractivity contribution in [3.63, 3.8) is 0 Å². The number of cyclic esters (lactones) is 1. The van der Waals surface area contributed by atoms with Crippen molar-refractivity contribution < 1.29 is 19.0 Å². The van der Waals surface area contributed by atoms with E-state index in [-0.39, 0.29) is 12.1 Å². The maximum absolute atomic E-state index is 12.1. The third-order valence-corrected chi connectivity index (χ3v) is 4.19. The standard InChI is InChI=1S/C19H21NO4/c1-22-17-9-8-15(11-18(17)23-2)10-16-13-24-19(21)20(16)12-14-6-4-3-5-7-14/h3-9,11,16H,10,12-13H2,1-2H3/t16-/m0/s1. The van der Waals surface area contributed by atoms with Gasteiger partial charge in [-0.25, -0.2) is 4.79 Å². The van der Waals surface area contributed by atoms with E-state index in [1.807, 2.05) is 48.5 Å². The molecule has 0 aromatic heterocycles. The Morgan fingerprint density at radius 2 is 1.79 bits per heavy atom. The summed E-state index contributed by atoms with van der Waals surface area (Å²) < 4.78 is 15.9. The summed E-state index contributed by atoms with van der Waals surface area (Å²) in [6.45, 7) is 0.956. The lowest BCUT2D eigenvalue weighted by atomic mass is 10.0. The number of benzene rings is 2. The van der Waals surface area contributed by atoms with Crippen LogP contribution in [-0.4, -0.2) is 37.9 Å². The lowest BCUT2D eigenvalue weighted by Crippen LogP contribution is -2.34. The first kappa shape index (κ1) is 16.2. The normalized spacial score (nSPS) is 16.8. The van der Waals surface area contributed by atoms with E-state index >= 15 is 0 Å². The van der Waals surface area contributed by atoms with Crippen molar-refractivity contribution in [2.45, 2.75) is 19.0 Å². The van der Waals surface area contributed by atoms with E-state index in [0.29, 0.717) is 31.1 Å². The molecule has 126 valence electrons. The Hall–Kier alpha value is -2.69. The molecule has 1 atom stereocenters. The average molecular weight is 327 g/mol. The first-order valence-corrected chi connectivity index (χ1v) is 7.89. The first-order valence-electron chi connectivity index (χ1n) is 7.89. The number of amides is 1. The number of hydrogen-bond acceptors (Lipinski definition) is 4. The molecule has 0 unspecified atom stereocenters. The topological polar surface area (TPSA) is 48.0 Å². The van der Waals surface area contributed by atoms with Crippen LogP contribution in [0.2, 0.25) is 0 Å². The minimum atomic E-state index is -0.260. The van der Waals surface area contributed by atoms with E-state index in [4.69, 9.17) is 14.2 Å². The monoisotopic (exact) mass is 327 g/mol. The zero-order chi connectivity index (χ0) is 16.9. The van der Waals surface area contributed by atoms with Gasteiger partial charge in [0.1, 0.15) is 6.61 Å². The molecule has 2 aromatic rings. The van der Waals surface area contributed by atoms with E-state index in [1.165, 1.54) is 0 Å². The predicted molar refractivity (Wildman–Crippen MR) is 90.4 cm³/mol. The Bertz CT molecular complexity index is 702. The van der Waals surface area contributed by atoms with E-state index in [2.05, 4.69) is 0 Å². The van der Waals surface area contributed by atoms with Gasteiger partial charge in [0, 0.05) is 6.54 Å². The predicted octanol–water partition coefficient (Wildman–Crippen LogP) is 3.27. The van der Waals surface area contributed by atoms with Gasteiger partial charge >= 0.3 is 6.09 Å². The van der Waals surface area contributed by atoms with Crippen LogP contribution in [0.4, 0.5) is 4.79 Å². The fourth-order valence-electron chi connectivity index (χ4n) is 2.91. The molecule has 1 aliphatic rings. The molecule has 0 bridgehead atoms. The number of carbonyl (C=O) groups excluding carboxylic acids is 1. The third kappa shape index (κ3) is 3.45. The summed E-state index contributed by atoms with van der Waals surface area (Å²) in [5.74, 6) is 1.39. The Morgan fingerprint density at radius 3 is 2.50 bits per heavy atom. The van der Waals surface area contributed by atoms with Crippen molar-refractivity contribution in [3.05, 3.63) is 59.7 Å². The Balaban J connectivity index is 1.74. The van der Waals surface area contributed by atoms with Crippen LogP contribution in [0.15, 0.2) is 48.5 Å². The third-order valence-electron chi connectivity index (χ3n) is 4.19. The van der Waals surface area contributed by atoms with Crippen LogP contribution in [0.5, 0.6) is 11.5 Å². The van der Waals surface area contributed by atoms with Crippen LogP contribution in [0.3, 0.4) is 0 Å². The maximum Gasteiger partial charge on any atom is 0.410 e. The van der Waals surface area contributed by atoms with Gasteiger partial charge in [0.05, 0.1) is 20.3 Å². The Labute approximate surface area is 141 Å². The summed E-state index contributed by atoms with van der Waals surface area (Å²) in [4.78, 5) is 13.8. The molecule has 0 spiro atoms. The van der Waals surface area contributed by atoms with Gasteiger partial charge in [-0.05, 0) is 29.7 Å². The first-order chi connectivity index (χ1) is 11.7. The molecule has 0 aliphatic carbocycles. The zero-order valence-corrected chi connectivity index (χ0v) is 13.9. The number of carbonyl (C=O) groups is 1. The number of rotatable bonds is 6. The van der Waals surface area contributed by atoms with Crippen molar-refractivity contribution in [1.29, 1.82) is 0 Å². The highest BCUT2D eigenvalue weighted by Gasteiger charge is 2.33. The van der Waals surface area contributed by atoms with Crippen molar-refractivity contribution in [3.8, 4) is 11.5 Å². The molecule has 1 fully saturated rings. The van der Waals surface area contributed by atoms with Crippen molar-refractivity contribution >= 4 is 6.09 Å². The van der Waals surface area contributed by atoms with Crippen molar-refractivity contribution in [1.82, 2.24) is 4.90 Å². The van der Waals surface area contributed by atoms with Gasteiger partial charge in [-0.1, -0.05) is 36.4 Å². The van der Waals surface area contributed by atoms with E-state index < -0.39 is 0 Å². The molecule has 0 radical (unpaired) electrons. The highest BCUT2D eigenvalue weighted by atomic mass is 16.6. The summed E-state index contributed by atoms with van der Waals surface area (Å²) >= 11 is 0. The number of nitrogens with zero attached hydrogens (tertiary/aromatic N) is 1. The molecule has 1 saturated heterocycles. The van der Waals surface area contributed by atoms with Crippen LogP contribution in [0, 0.1) is 0 Å². The summed E-state index contributed by atoms with van der Waals surface area (Å²) in [5, 5.41) is 0. The van der Waals surface area contributed by atoms with Gasteiger partial charge in [-0.3, -0.25) is 4.90 Å². The molecule has 0 saturated carbocycles. The largest absolute Gasteiger partial charge is 0.493 e. The lowest BCUT2D eigenvalue weighted by Gasteiger charge is -2.22. The van der Waals surface area contributed by atoms with Gasteiger partial charge in [0.2, 0.25) is 0 Å². The van der Waals surface area contributed by atoms with Crippen LogP contribution in [0.1, 0.15) is 11.1 Å². The molecule has 0 N–H and O–H groups in total. The lowest BCUT2D eigenvalue weighted by molar-refractivity contribution is 0.156. The second-order valence-corrected chi connectivity index (χ2v) is 5.74. The highest BCUT2D eigenvalue weighted by molar-refractivity contribution is 5.70. The van der Waals surface area contributed by atoms with Crippen molar-refractivity contribution in [2.75, 3.05) is 20.8 Å². The van der Waals surface area contributed by atoms with Gasteiger partial charge < -0.3 is 14.2 Å². The summed E-state index contributed by atoms with van der Waals surface area (Å²) in [7, 11) is 3.23. The van der Waals surface area contributed by atoms with Gasteiger partial charge in [0.25, 0.3) is 0 Å². The Morgan fingerprint density at radius 1 is 1.04 bits per heavy atom.